The number of anilines is 1. The third-order valence-electron chi connectivity index (χ3n) is 3.23. The van der Waals surface area contributed by atoms with Crippen LogP contribution < -0.4 is 4.31 Å². The van der Waals surface area contributed by atoms with Gasteiger partial charge >= 0.3 is 16.3 Å². The van der Waals surface area contributed by atoms with E-state index in [1.165, 1.54) is 5.51 Å². The number of hydrogen-bond acceptors (Lipinski definition) is 5. The second kappa shape index (κ2) is 5.20. The molecule has 0 saturated carbocycles. The monoisotopic (exact) mass is 338 g/mol. The summed E-state index contributed by atoms with van der Waals surface area (Å²) in [6.45, 7) is 0. The zero-order valence-corrected chi connectivity index (χ0v) is 12.6. The topological polar surface area (TPSA) is 108 Å². The number of rotatable bonds is 4. The molecule has 0 radical (unpaired) electrons. The van der Waals surface area contributed by atoms with Gasteiger partial charge in [-0.3, -0.25) is 4.55 Å². The minimum Gasteiger partial charge on any atom is -0.476 e. The Kier molecular flexibility index (Phi) is 3.47. The van der Waals surface area contributed by atoms with Crippen LogP contribution in [0.2, 0.25) is 0 Å². The molecule has 2 aromatic rings. The average molecular weight is 338 g/mol. The van der Waals surface area contributed by atoms with Crippen molar-refractivity contribution in [3.63, 3.8) is 0 Å². The number of nitrogens with zero attached hydrogens (tertiary/aromatic N) is 2. The Balaban J connectivity index is 2.17. The highest BCUT2D eigenvalue weighted by Gasteiger charge is 2.35. The molecule has 114 valence electrons. The van der Waals surface area contributed by atoms with Crippen LogP contribution in [0.1, 0.15) is 27.7 Å². The van der Waals surface area contributed by atoms with Crippen molar-refractivity contribution in [2.24, 2.45) is 0 Å². The minimum absolute atomic E-state index is 0.138. The summed E-state index contributed by atoms with van der Waals surface area (Å²) >= 11 is 0.835. The molecule has 3 rings (SSSR count). The number of carbonyl (C=O) groups is 1. The number of hydrogen-bond donors (Lipinski definition) is 2. The van der Waals surface area contributed by atoms with Gasteiger partial charge in [-0.15, -0.1) is 11.3 Å². The van der Waals surface area contributed by atoms with Gasteiger partial charge in [0.25, 0.3) is 0 Å². The van der Waals surface area contributed by atoms with Gasteiger partial charge in [0.2, 0.25) is 0 Å². The molecule has 1 heterocycles. The van der Waals surface area contributed by atoms with Crippen LogP contribution in [0.5, 0.6) is 0 Å². The fourth-order valence-corrected chi connectivity index (χ4v) is 4.26. The quantitative estimate of drug-likeness (QED) is 0.828. The predicted molar refractivity (Wildman–Crippen MR) is 81.3 cm³/mol. The smallest absolute Gasteiger partial charge is 0.361 e. The number of thiazole rings is 1. The number of benzene rings is 1. The number of aromatic carboxylic acids is 1. The van der Waals surface area contributed by atoms with Crippen LogP contribution in [0.15, 0.2) is 35.9 Å². The van der Waals surface area contributed by atoms with E-state index in [9.17, 15) is 17.8 Å². The molecule has 22 heavy (non-hydrogen) atoms. The van der Waals surface area contributed by atoms with Crippen molar-refractivity contribution in [2.75, 3.05) is 4.31 Å². The van der Waals surface area contributed by atoms with Crippen LogP contribution in [-0.2, 0) is 10.3 Å². The summed E-state index contributed by atoms with van der Waals surface area (Å²) < 4.78 is 33.9. The average Bonchev–Trinajstić information content (AvgIpc) is 3.05. The van der Waals surface area contributed by atoms with E-state index in [2.05, 4.69) is 4.98 Å². The molecule has 9 heteroatoms. The summed E-state index contributed by atoms with van der Waals surface area (Å²) in [6, 6.07) is 6.26. The Morgan fingerprint density at radius 1 is 1.32 bits per heavy atom. The van der Waals surface area contributed by atoms with Crippen LogP contribution >= 0.6 is 11.3 Å². The van der Waals surface area contributed by atoms with Gasteiger partial charge in [-0.2, -0.15) is 8.42 Å². The summed E-state index contributed by atoms with van der Waals surface area (Å²) in [7, 11) is -4.68. The van der Waals surface area contributed by atoms with Crippen molar-refractivity contribution in [1.29, 1.82) is 0 Å². The second-order valence-electron chi connectivity index (χ2n) is 4.52. The van der Waals surface area contributed by atoms with Crippen LogP contribution in [-0.4, -0.2) is 29.0 Å². The highest BCUT2D eigenvalue weighted by molar-refractivity contribution is 7.87. The number of carboxylic acid groups (broad SMARTS) is 1. The highest BCUT2D eigenvalue weighted by atomic mass is 32.2. The summed E-state index contributed by atoms with van der Waals surface area (Å²) in [5.41, 5.74) is 2.27. The van der Waals surface area contributed by atoms with Crippen molar-refractivity contribution in [2.45, 2.75) is 6.04 Å². The van der Waals surface area contributed by atoms with Gasteiger partial charge < -0.3 is 5.11 Å². The maximum absolute atomic E-state index is 11.8. The fraction of sp³-hybridized carbons (Fsp3) is 0.0769. The first kappa shape index (κ1) is 14.7. The van der Waals surface area contributed by atoms with Gasteiger partial charge in [0.1, 0.15) is 5.00 Å². The normalized spacial score (nSPS) is 16.5. The Bertz CT molecular complexity index is 872. The van der Waals surface area contributed by atoms with Gasteiger partial charge in [0, 0.05) is 0 Å². The van der Waals surface area contributed by atoms with Gasteiger partial charge in [0.15, 0.2) is 5.69 Å². The predicted octanol–water partition coefficient (Wildman–Crippen LogP) is 2.22. The lowest BCUT2D eigenvalue weighted by molar-refractivity contribution is 0.0692. The van der Waals surface area contributed by atoms with Crippen LogP contribution in [0.3, 0.4) is 0 Å². The Morgan fingerprint density at radius 3 is 2.73 bits per heavy atom. The maximum atomic E-state index is 11.8. The number of aromatic nitrogens is 1. The van der Waals surface area contributed by atoms with E-state index in [0.29, 0.717) is 9.87 Å². The largest absolute Gasteiger partial charge is 0.476 e. The highest BCUT2D eigenvalue weighted by Crippen LogP contribution is 2.40. The Labute approximate surface area is 130 Å². The molecular formula is C13H10N2O5S2. The SMILES string of the molecule is O=C(O)c1ncsc1N(C1C=Cc2ccccc21)S(=O)(=O)O. The molecule has 1 unspecified atom stereocenters. The third-order valence-corrected chi connectivity index (χ3v) is 5.07. The van der Waals surface area contributed by atoms with Crippen LogP contribution in [0.4, 0.5) is 5.00 Å². The van der Waals surface area contributed by atoms with Gasteiger partial charge in [0.05, 0.1) is 11.6 Å². The molecule has 1 atom stereocenters. The molecule has 1 aromatic heterocycles. The van der Waals surface area contributed by atoms with Crippen molar-refractivity contribution in [3.8, 4) is 0 Å². The molecular weight excluding hydrogens is 328 g/mol. The number of carboxylic acids is 1. The molecule has 1 aromatic carbocycles. The molecule has 0 saturated heterocycles. The first-order valence-electron chi connectivity index (χ1n) is 6.10. The third kappa shape index (κ3) is 2.39. The molecule has 0 amide bonds. The summed E-state index contributed by atoms with van der Waals surface area (Å²) in [5, 5.41) is 8.99. The van der Waals surface area contributed by atoms with E-state index in [0.717, 1.165) is 16.9 Å². The summed E-state index contributed by atoms with van der Waals surface area (Å²) in [6.07, 6.45) is 3.31. The van der Waals surface area contributed by atoms with E-state index >= 15 is 0 Å². The van der Waals surface area contributed by atoms with Gasteiger partial charge in [-0.25, -0.2) is 14.1 Å². The van der Waals surface area contributed by atoms with Crippen molar-refractivity contribution in [3.05, 3.63) is 52.7 Å². The molecule has 0 spiro atoms. The molecule has 7 nitrogen and oxygen atoms in total. The van der Waals surface area contributed by atoms with Gasteiger partial charge in [-0.05, 0) is 11.1 Å². The summed E-state index contributed by atoms with van der Waals surface area (Å²) in [4.78, 5) is 14.9. The maximum Gasteiger partial charge on any atom is 0.361 e. The standard InChI is InChI=1S/C13H10N2O5S2/c16-13(17)11-12(21-7-14-11)15(22(18,19)20)10-6-5-8-3-1-2-4-9(8)10/h1-7,10H,(H,16,17)(H,18,19,20). The molecule has 1 aliphatic rings. The first-order valence-corrected chi connectivity index (χ1v) is 8.38. The lowest BCUT2D eigenvalue weighted by Crippen LogP contribution is -2.33. The lowest BCUT2D eigenvalue weighted by atomic mass is 10.1. The zero-order chi connectivity index (χ0) is 15.9. The fourth-order valence-electron chi connectivity index (χ4n) is 2.35. The minimum atomic E-state index is -4.68. The Morgan fingerprint density at radius 2 is 2.05 bits per heavy atom. The van der Waals surface area contributed by atoms with Crippen molar-refractivity contribution >= 4 is 38.7 Å². The molecule has 0 aliphatic heterocycles. The van der Waals surface area contributed by atoms with E-state index < -0.39 is 28.0 Å². The molecule has 2 N–H and O–H groups in total. The van der Waals surface area contributed by atoms with E-state index in [-0.39, 0.29) is 5.00 Å². The molecule has 1 aliphatic carbocycles. The molecule has 0 bridgehead atoms. The van der Waals surface area contributed by atoms with Crippen molar-refractivity contribution < 1.29 is 22.9 Å². The number of fused-ring (bicyclic) bond motifs is 1. The van der Waals surface area contributed by atoms with Crippen molar-refractivity contribution in [1.82, 2.24) is 4.98 Å². The van der Waals surface area contributed by atoms with E-state index in [1.54, 1.807) is 36.4 Å². The lowest BCUT2D eigenvalue weighted by Gasteiger charge is -2.26. The van der Waals surface area contributed by atoms with Crippen LogP contribution in [0.25, 0.3) is 6.08 Å². The summed E-state index contributed by atoms with van der Waals surface area (Å²) in [5.74, 6) is -1.36. The Hall–Kier alpha value is -2.23. The zero-order valence-electron chi connectivity index (χ0n) is 10.9. The van der Waals surface area contributed by atoms with E-state index in [4.69, 9.17) is 5.11 Å². The molecule has 0 fully saturated rings. The first-order chi connectivity index (χ1) is 10.4. The second-order valence-corrected chi connectivity index (χ2v) is 6.64. The van der Waals surface area contributed by atoms with Gasteiger partial charge in [-0.1, -0.05) is 36.4 Å². The van der Waals surface area contributed by atoms with Crippen LogP contribution in [0, 0.1) is 0 Å². The van der Waals surface area contributed by atoms with E-state index in [1.807, 2.05) is 0 Å².